The van der Waals surface area contributed by atoms with E-state index in [1.165, 1.54) is 52.0 Å². The second-order valence-electron chi connectivity index (χ2n) is 5.14. The predicted octanol–water partition coefficient (Wildman–Crippen LogP) is 0.352. The Morgan fingerprint density at radius 3 is 2.19 bits per heavy atom. The molecule has 2 rings (SSSR count). The Hall–Kier alpha value is -0.160. The van der Waals surface area contributed by atoms with Gasteiger partial charge in [0.25, 0.3) is 0 Å². The lowest BCUT2D eigenvalue weighted by Crippen LogP contribution is -2.54. The summed E-state index contributed by atoms with van der Waals surface area (Å²) in [5, 5.41) is 1.96. The molecule has 0 spiro atoms. The quantitative estimate of drug-likeness (QED) is 0.705. The van der Waals surface area contributed by atoms with Crippen LogP contribution in [-0.2, 0) is 0 Å². The average Bonchev–Trinajstić information content (AvgIpc) is 2.32. The van der Waals surface area contributed by atoms with Gasteiger partial charge in [0.05, 0.1) is 0 Å². The number of hydrazine groups is 1. The fourth-order valence-corrected chi connectivity index (χ4v) is 2.92. The standard InChI is InChI=1S/C12H26N4/c1-2-5-14-8-10-15(11-9-14)12-3-6-16(13)7-4-12/h12H,2-11,13H2,1H3. The van der Waals surface area contributed by atoms with Gasteiger partial charge in [-0.3, -0.25) is 10.7 Å². The van der Waals surface area contributed by atoms with Crippen LogP contribution in [0.15, 0.2) is 0 Å². The largest absolute Gasteiger partial charge is 0.301 e. The van der Waals surface area contributed by atoms with Gasteiger partial charge in [0.2, 0.25) is 0 Å². The SMILES string of the molecule is CCCN1CCN(C2CCN(N)CC2)CC1. The minimum atomic E-state index is 0.795. The van der Waals surface area contributed by atoms with Crippen LogP contribution in [0.3, 0.4) is 0 Å². The number of piperidine rings is 1. The van der Waals surface area contributed by atoms with Gasteiger partial charge in [-0.25, -0.2) is 5.01 Å². The van der Waals surface area contributed by atoms with Crippen molar-refractivity contribution in [3.05, 3.63) is 0 Å². The molecule has 16 heavy (non-hydrogen) atoms. The summed E-state index contributed by atoms with van der Waals surface area (Å²) in [6, 6.07) is 0.795. The van der Waals surface area contributed by atoms with Crippen molar-refractivity contribution in [2.45, 2.75) is 32.2 Å². The summed E-state index contributed by atoms with van der Waals surface area (Å²) < 4.78 is 0. The van der Waals surface area contributed by atoms with Gasteiger partial charge >= 0.3 is 0 Å². The van der Waals surface area contributed by atoms with Gasteiger partial charge in [-0.15, -0.1) is 0 Å². The van der Waals surface area contributed by atoms with Gasteiger partial charge in [0.1, 0.15) is 0 Å². The van der Waals surface area contributed by atoms with Gasteiger partial charge in [-0.1, -0.05) is 6.92 Å². The monoisotopic (exact) mass is 226 g/mol. The van der Waals surface area contributed by atoms with E-state index in [1.807, 2.05) is 5.01 Å². The molecule has 2 heterocycles. The third-order valence-corrected chi connectivity index (χ3v) is 3.96. The molecule has 2 aliphatic heterocycles. The van der Waals surface area contributed by atoms with Crippen LogP contribution in [0.4, 0.5) is 0 Å². The van der Waals surface area contributed by atoms with Gasteiger partial charge < -0.3 is 4.90 Å². The van der Waals surface area contributed by atoms with Crippen LogP contribution in [0.2, 0.25) is 0 Å². The van der Waals surface area contributed by atoms with E-state index in [4.69, 9.17) is 5.84 Å². The summed E-state index contributed by atoms with van der Waals surface area (Å²) in [6.45, 7) is 10.7. The molecule has 0 unspecified atom stereocenters. The zero-order chi connectivity index (χ0) is 11.4. The number of hydrogen-bond acceptors (Lipinski definition) is 4. The lowest BCUT2D eigenvalue weighted by Gasteiger charge is -2.42. The Bertz CT molecular complexity index is 193. The molecule has 0 bridgehead atoms. The second kappa shape index (κ2) is 5.96. The predicted molar refractivity (Wildman–Crippen MR) is 67.1 cm³/mol. The summed E-state index contributed by atoms with van der Waals surface area (Å²) in [5.74, 6) is 5.79. The van der Waals surface area contributed by atoms with E-state index in [-0.39, 0.29) is 0 Å². The fourth-order valence-electron chi connectivity index (χ4n) is 2.92. The molecule has 0 aromatic carbocycles. The van der Waals surface area contributed by atoms with E-state index >= 15 is 0 Å². The van der Waals surface area contributed by atoms with Gasteiger partial charge in [-0.2, -0.15) is 0 Å². The zero-order valence-corrected chi connectivity index (χ0v) is 10.6. The van der Waals surface area contributed by atoms with Crippen molar-refractivity contribution >= 4 is 0 Å². The van der Waals surface area contributed by atoms with E-state index < -0.39 is 0 Å². The van der Waals surface area contributed by atoms with Crippen LogP contribution < -0.4 is 5.84 Å². The number of piperazine rings is 1. The zero-order valence-electron chi connectivity index (χ0n) is 10.6. The highest BCUT2D eigenvalue weighted by Crippen LogP contribution is 2.16. The highest BCUT2D eigenvalue weighted by molar-refractivity contribution is 4.82. The summed E-state index contributed by atoms with van der Waals surface area (Å²) in [4.78, 5) is 5.27. The Kier molecular flexibility index (Phi) is 4.58. The molecule has 0 aromatic rings. The van der Waals surface area contributed by atoms with Gasteiger partial charge in [0.15, 0.2) is 0 Å². The van der Waals surface area contributed by atoms with Crippen LogP contribution >= 0.6 is 0 Å². The summed E-state index contributed by atoms with van der Waals surface area (Å²) in [7, 11) is 0. The highest BCUT2D eigenvalue weighted by atomic mass is 15.4. The fraction of sp³-hybridized carbons (Fsp3) is 1.00. The smallest absolute Gasteiger partial charge is 0.0143 e. The Balaban J connectivity index is 1.72. The van der Waals surface area contributed by atoms with Crippen molar-refractivity contribution in [3.63, 3.8) is 0 Å². The molecular formula is C12H26N4. The minimum Gasteiger partial charge on any atom is -0.301 e. The molecule has 2 fully saturated rings. The molecule has 4 heteroatoms. The minimum absolute atomic E-state index is 0.795. The molecule has 94 valence electrons. The van der Waals surface area contributed by atoms with Crippen molar-refractivity contribution in [2.24, 2.45) is 5.84 Å². The van der Waals surface area contributed by atoms with Crippen molar-refractivity contribution in [1.29, 1.82) is 0 Å². The molecule has 0 aromatic heterocycles. The van der Waals surface area contributed by atoms with Crippen LogP contribution in [0, 0.1) is 0 Å². The Morgan fingerprint density at radius 1 is 1.00 bits per heavy atom. The summed E-state index contributed by atoms with van der Waals surface area (Å²) in [6.07, 6.45) is 3.79. The van der Waals surface area contributed by atoms with Crippen LogP contribution in [-0.4, -0.2) is 66.7 Å². The van der Waals surface area contributed by atoms with Crippen molar-refractivity contribution in [2.75, 3.05) is 45.8 Å². The first kappa shape index (κ1) is 12.3. The molecule has 4 nitrogen and oxygen atoms in total. The first-order valence-corrected chi connectivity index (χ1v) is 6.75. The van der Waals surface area contributed by atoms with E-state index in [2.05, 4.69) is 16.7 Å². The van der Waals surface area contributed by atoms with Crippen molar-refractivity contribution in [3.8, 4) is 0 Å². The normalized spacial score (nSPS) is 27.4. The van der Waals surface area contributed by atoms with E-state index in [1.54, 1.807) is 0 Å². The third-order valence-electron chi connectivity index (χ3n) is 3.96. The van der Waals surface area contributed by atoms with E-state index in [0.717, 1.165) is 19.1 Å². The number of nitrogens with two attached hydrogens (primary N) is 1. The molecule has 0 amide bonds. The van der Waals surface area contributed by atoms with Gasteiger partial charge in [0, 0.05) is 45.3 Å². The lowest BCUT2D eigenvalue weighted by atomic mass is 10.0. The maximum atomic E-state index is 5.79. The average molecular weight is 226 g/mol. The third kappa shape index (κ3) is 3.17. The van der Waals surface area contributed by atoms with E-state index in [9.17, 15) is 0 Å². The maximum absolute atomic E-state index is 5.79. The number of rotatable bonds is 3. The summed E-state index contributed by atoms with van der Waals surface area (Å²) >= 11 is 0. The Labute approximate surface area is 99.3 Å². The van der Waals surface area contributed by atoms with Crippen LogP contribution in [0.1, 0.15) is 26.2 Å². The van der Waals surface area contributed by atoms with Crippen LogP contribution in [0.5, 0.6) is 0 Å². The molecule has 0 aliphatic carbocycles. The first-order valence-electron chi connectivity index (χ1n) is 6.75. The van der Waals surface area contributed by atoms with E-state index in [0.29, 0.717) is 0 Å². The molecule has 0 radical (unpaired) electrons. The topological polar surface area (TPSA) is 35.7 Å². The molecule has 2 N–H and O–H groups in total. The van der Waals surface area contributed by atoms with Crippen LogP contribution in [0.25, 0.3) is 0 Å². The number of hydrogen-bond donors (Lipinski definition) is 1. The van der Waals surface area contributed by atoms with Crippen molar-refractivity contribution < 1.29 is 0 Å². The van der Waals surface area contributed by atoms with Gasteiger partial charge in [-0.05, 0) is 25.8 Å². The molecular weight excluding hydrogens is 200 g/mol. The molecule has 0 atom stereocenters. The second-order valence-corrected chi connectivity index (χ2v) is 5.14. The highest BCUT2D eigenvalue weighted by Gasteiger charge is 2.26. The number of nitrogens with zero attached hydrogens (tertiary/aromatic N) is 3. The Morgan fingerprint density at radius 2 is 1.62 bits per heavy atom. The van der Waals surface area contributed by atoms with Crippen molar-refractivity contribution in [1.82, 2.24) is 14.8 Å². The maximum Gasteiger partial charge on any atom is 0.0143 e. The lowest BCUT2D eigenvalue weighted by molar-refractivity contribution is 0.0594. The molecule has 2 aliphatic rings. The first-order chi connectivity index (χ1) is 7.79. The summed E-state index contributed by atoms with van der Waals surface area (Å²) in [5.41, 5.74) is 0. The molecule has 2 saturated heterocycles. The molecule has 0 saturated carbocycles.